The van der Waals surface area contributed by atoms with Crippen molar-refractivity contribution < 1.29 is 32.3 Å². The van der Waals surface area contributed by atoms with E-state index in [-0.39, 0.29) is 37.0 Å². The van der Waals surface area contributed by atoms with Crippen molar-refractivity contribution >= 4 is 29.3 Å². The van der Waals surface area contributed by atoms with Crippen molar-refractivity contribution in [1.82, 2.24) is 15.1 Å². The van der Waals surface area contributed by atoms with Crippen molar-refractivity contribution in [2.45, 2.75) is 89.3 Å². The standard InChI is InChI=1S/C32H38F3N5O4/c1-30(2,3)25(38-28(43)31(4,5)35)27(42)39-13-18-15-9-17(21(34)10-15)22(18)24(39)26(41)40-14-32(11-16(40)12-36)19-7-6-8-20(33)23(19)37-29(32)44/h6-8,15-18,21-22,24-25H,9-11,13-14H2,1-5H3,(H,37,44)(H,38,43). The van der Waals surface area contributed by atoms with E-state index in [2.05, 4.69) is 16.7 Å². The average Bonchev–Trinajstić information content (AvgIpc) is 3.73. The third-order valence-corrected chi connectivity index (χ3v) is 10.7. The fourth-order valence-electron chi connectivity index (χ4n) is 8.55. The van der Waals surface area contributed by atoms with Crippen LogP contribution >= 0.6 is 0 Å². The maximum absolute atomic E-state index is 15.2. The quantitative estimate of drug-likeness (QED) is 0.540. The largest absolute Gasteiger partial charge is 0.341 e. The maximum atomic E-state index is 15.2. The fourth-order valence-corrected chi connectivity index (χ4v) is 8.55. The molecular weight excluding hydrogens is 575 g/mol. The van der Waals surface area contributed by atoms with Gasteiger partial charge in [-0.25, -0.2) is 13.2 Å². The summed E-state index contributed by atoms with van der Waals surface area (Å²) in [4.78, 5) is 57.7. The molecule has 2 saturated carbocycles. The summed E-state index contributed by atoms with van der Waals surface area (Å²) in [6.07, 6.45) is -0.251. The Morgan fingerprint density at radius 1 is 1.14 bits per heavy atom. The van der Waals surface area contributed by atoms with Crippen molar-refractivity contribution in [2.24, 2.45) is 29.1 Å². The lowest BCUT2D eigenvalue weighted by Gasteiger charge is -2.39. The third kappa shape index (κ3) is 4.40. The van der Waals surface area contributed by atoms with Crippen LogP contribution < -0.4 is 10.6 Å². The smallest absolute Gasteiger partial charge is 0.257 e. The number of alkyl halides is 2. The van der Waals surface area contributed by atoms with Crippen LogP contribution in [0.15, 0.2) is 18.2 Å². The van der Waals surface area contributed by atoms with Gasteiger partial charge in [-0.2, -0.15) is 5.26 Å². The molecule has 4 amide bonds. The number of hydrogen-bond donors (Lipinski definition) is 2. The Balaban J connectivity index is 1.37. The molecule has 9 unspecified atom stereocenters. The Morgan fingerprint density at radius 2 is 1.84 bits per heavy atom. The summed E-state index contributed by atoms with van der Waals surface area (Å²) in [5, 5.41) is 15.3. The molecule has 236 valence electrons. The maximum Gasteiger partial charge on any atom is 0.257 e. The first kappa shape index (κ1) is 30.4. The van der Waals surface area contributed by atoms with Gasteiger partial charge in [0.15, 0.2) is 5.67 Å². The van der Waals surface area contributed by atoms with Gasteiger partial charge in [0.05, 0.1) is 17.2 Å². The molecular formula is C32H38F3N5O4. The molecule has 44 heavy (non-hydrogen) atoms. The molecule has 2 aliphatic carbocycles. The molecule has 3 heterocycles. The Kier molecular flexibility index (Phi) is 6.87. The third-order valence-electron chi connectivity index (χ3n) is 10.7. The zero-order valence-electron chi connectivity index (χ0n) is 25.5. The Labute approximate surface area is 254 Å². The Morgan fingerprint density at radius 3 is 2.48 bits per heavy atom. The molecule has 12 heteroatoms. The van der Waals surface area contributed by atoms with Crippen molar-refractivity contribution in [2.75, 3.05) is 18.4 Å². The number of benzene rings is 1. The monoisotopic (exact) mass is 613 g/mol. The van der Waals surface area contributed by atoms with Crippen LogP contribution in [0, 0.1) is 46.2 Å². The number of carbonyl (C=O) groups excluding carboxylic acids is 4. The highest BCUT2D eigenvalue weighted by atomic mass is 19.1. The van der Waals surface area contributed by atoms with Gasteiger partial charge in [0.25, 0.3) is 5.91 Å². The van der Waals surface area contributed by atoms with E-state index in [1.54, 1.807) is 26.8 Å². The van der Waals surface area contributed by atoms with Crippen LogP contribution in [0.3, 0.4) is 0 Å². The molecule has 6 rings (SSSR count). The van der Waals surface area contributed by atoms with E-state index in [9.17, 15) is 33.2 Å². The molecule has 2 N–H and O–H groups in total. The van der Waals surface area contributed by atoms with Gasteiger partial charge in [-0.15, -0.1) is 0 Å². The predicted octanol–water partition coefficient (Wildman–Crippen LogP) is 3.24. The number of likely N-dealkylation sites (tertiary alicyclic amines) is 2. The van der Waals surface area contributed by atoms with Gasteiger partial charge in [-0.05, 0) is 67.4 Å². The molecule has 2 saturated heterocycles. The number of halogens is 3. The first-order valence-electron chi connectivity index (χ1n) is 15.2. The second-order valence-electron chi connectivity index (χ2n) is 14.8. The lowest BCUT2D eigenvalue weighted by atomic mass is 9.77. The van der Waals surface area contributed by atoms with E-state index in [0.29, 0.717) is 18.4 Å². The molecule has 3 aliphatic heterocycles. The van der Waals surface area contributed by atoms with Crippen molar-refractivity contribution in [3.8, 4) is 6.07 Å². The summed E-state index contributed by atoms with van der Waals surface area (Å²) in [5.41, 5.74) is -4.10. The van der Waals surface area contributed by atoms with Gasteiger partial charge < -0.3 is 20.4 Å². The van der Waals surface area contributed by atoms with Crippen molar-refractivity contribution in [3.63, 3.8) is 0 Å². The molecule has 2 bridgehead atoms. The normalized spacial score (nSPS) is 34.5. The Hall–Kier alpha value is -3.62. The van der Waals surface area contributed by atoms with Crippen molar-refractivity contribution in [3.05, 3.63) is 29.6 Å². The van der Waals surface area contributed by atoms with Gasteiger partial charge in [0.2, 0.25) is 17.7 Å². The van der Waals surface area contributed by atoms with Crippen LogP contribution in [0.5, 0.6) is 0 Å². The molecule has 1 spiro atoms. The first-order chi connectivity index (χ1) is 20.5. The number of para-hydroxylation sites is 1. The number of fused-ring (bicyclic) bond motifs is 7. The van der Waals surface area contributed by atoms with E-state index in [1.807, 2.05) is 0 Å². The highest BCUT2D eigenvalue weighted by Gasteiger charge is 2.65. The van der Waals surface area contributed by atoms with Crippen LogP contribution in [0.2, 0.25) is 0 Å². The fraction of sp³-hybridized carbons (Fsp3) is 0.656. The molecule has 9 nitrogen and oxygen atoms in total. The minimum atomic E-state index is -2.26. The number of carbonyl (C=O) groups is 4. The summed E-state index contributed by atoms with van der Waals surface area (Å²) in [6, 6.07) is 3.05. The minimum Gasteiger partial charge on any atom is -0.341 e. The van der Waals surface area contributed by atoms with Gasteiger partial charge in [0, 0.05) is 19.5 Å². The molecule has 5 aliphatic rings. The van der Waals surface area contributed by atoms with Crippen LogP contribution in [-0.2, 0) is 24.6 Å². The molecule has 0 aromatic heterocycles. The Bertz CT molecular complexity index is 1480. The summed E-state index contributed by atoms with van der Waals surface area (Å²) in [7, 11) is 0. The van der Waals surface area contributed by atoms with Gasteiger partial charge in [-0.1, -0.05) is 32.9 Å². The molecule has 1 aromatic rings. The SMILES string of the molecule is CC(C)(F)C(=O)NC(C(=O)N1CC2C3CC(F)C(C3)C2C1C(=O)N1CC2(CC1C#N)C(=O)Nc1c(F)cccc12)C(C)(C)C. The predicted molar refractivity (Wildman–Crippen MR) is 153 cm³/mol. The lowest BCUT2D eigenvalue weighted by Crippen LogP contribution is -2.61. The van der Waals surface area contributed by atoms with Crippen LogP contribution in [0.25, 0.3) is 0 Å². The van der Waals surface area contributed by atoms with E-state index < -0.39 is 82.1 Å². The second kappa shape index (κ2) is 9.94. The first-order valence-corrected chi connectivity index (χ1v) is 15.2. The highest BCUT2D eigenvalue weighted by Crippen LogP contribution is 2.59. The van der Waals surface area contributed by atoms with Gasteiger partial charge in [0.1, 0.15) is 30.1 Å². The summed E-state index contributed by atoms with van der Waals surface area (Å²) in [5.74, 6) is -4.39. The highest BCUT2D eigenvalue weighted by molar-refractivity contribution is 6.07. The summed E-state index contributed by atoms with van der Waals surface area (Å²) in [6.45, 7) is 7.31. The van der Waals surface area contributed by atoms with E-state index in [1.165, 1.54) is 21.9 Å². The number of hydrogen-bond acceptors (Lipinski definition) is 5. The second-order valence-corrected chi connectivity index (χ2v) is 14.8. The van der Waals surface area contributed by atoms with Crippen LogP contribution in [0.4, 0.5) is 18.9 Å². The summed E-state index contributed by atoms with van der Waals surface area (Å²) < 4.78 is 44.4. The van der Waals surface area contributed by atoms with E-state index >= 15 is 4.39 Å². The van der Waals surface area contributed by atoms with Crippen molar-refractivity contribution in [1.29, 1.82) is 5.26 Å². The minimum absolute atomic E-state index is 0.0206. The number of nitrogens with zero attached hydrogens (tertiary/aromatic N) is 3. The number of rotatable bonds is 4. The number of nitrogens with one attached hydrogen (secondary N) is 2. The topological polar surface area (TPSA) is 123 Å². The van der Waals surface area contributed by atoms with E-state index in [0.717, 1.165) is 13.8 Å². The van der Waals surface area contributed by atoms with E-state index in [4.69, 9.17) is 0 Å². The number of amides is 4. The molecule has 9 atom stereocenters. The zero-order chi connectivity index (χ0) is 32.1. The number of nitriles is 1. The molecule has 0 radical (unpaired) electrons. The van der Waals surface area contributed by atoms with Crippen LogP contribution in [0.1, 0.15) is 59.4 Å². The summed E-state index contributed by atoms with van der Waals surface area (Å²) >= 11 is 0. The van der Waals surface area contributed by atoms with Crippen LogP contribution in [-0.4, -0.2) is 76.5 Å². The lowest BCUT2D eigenvalue weighted by molar-refractivity contribution is -0.150. The number of anilines is 1. The average molecular weight is 614 g/mol. The molecule has 4 fully saturated rings. The zero-order valence-corrected chi connectivity index (χ0v) is 25.5. The molecule has 1 aromatic carbocycles. The van der Waals surface area contributed by atoms with Gasteiger partial charge in [-0.3, -0.25) is 19.2 Å². The van der Waals surface area contributed by atoms with Gasteiger partial charge >= 0.3 is 0 Å².